The van der Waals surface area contributed by atoms with Crippen LogP contribution in [0.25, 0.3) is 0 Å². The minimum atomic E-state index is -0.300. The summed E-state index contributed by atoms with van der Waals surface area (Å²) in [5, 5.41) is 2.69. The van der Waals surface area contributed by atoms with Gasteiger partial charge in [0.05, 0.1) is 6.61 Å². The first-order chi connectivity index (χ1) is 4.10. The summed E-state index contributed by atoms with van der Waals surface area (Å²) in [6.07, 6.45) is 0.588. The molecule has 1 saturated heterocycles. The van der Waals surface area contributed by atoms with Crippen LogP contribution in [0.2, 0.25) is 0 Å². The van der Waals surface area contributed by atoms with E-state index in [2.05, 4.69) is 10.1 Å². The summed E-state index contributed by atoms with van der Waals surface area (Å²) < 4.78 is 4.66. The van der Waals surface area contributed by atoms with E-state index in [4.69, 9.17) is 0 Å². The van der Waals surface area contributed by atoms with Gasteiger partial charge in [0.2, 0.25) is 0 Å². The van der Waals surface area contributed by atoms with E-state index in [1.807, 2.05) is 13.8 Å². The van der Waals surface area contributed by atoms with Crippen LogP contribution in [0.3, 0.4) is 0 Å². The van der Waals surface area contributed by atoms with Crippen molar-refractivity contribution in [2.45, 2.75) is 25.8 Å². The van der Waals surface area contributed by atoms with E-state index in [0.717, 1.165) is 6.42 Å². The highest BCUT2D eigenvalue weighted by Crippen LogP contribution is 2.12. The Hall–Kier alpha value is -0.730. The zero-order valence-corrected chi connectivity index (χ0v) is 5.73. The molecule has 0 aromatic carbocycles. The third-order valence-electron chi connectivity index (χ3n) is 1.40. The van der Waals surface area contributed by atoms with Crippen molar-refractivity contribution < 1.29 is 9.53 Å². The molecule has 0 aliphatic carbocycles. The number of carbonyl (C=O) groups excluding carboxylic acids is 1. The molecule has 1 aliphatic heterocycles. The van der Waals surface area contributed by atoms with Gasteiger partial charge in [-0.15, -0.1) is 0 Å². The highest BCUT2D eigenvalue weighted by molar-refractivity contribution is 5.68. The van der Waals surface area contributed by atoms with Crippen molar-refractivity contribution in [2.75, 3.05) is 6.61 Å². The van der Waals surface area contributed by atoms with Gasteiger partial charge in [-0.05, 0) is 13.8 Å². The molecule has 1 rings (SSSR count). The average Bonchev–Trinajstić information content (AvgIpc) is 1.60. The van der Waals surface area contributed by atoms with Gasteiger partial charge >= 0.3 is 6.09 Å². The molecule has 0 atom stereocenters. The lowest BCUT2D eigenvalue weighted by molar-refractivity contribution is 0.0974. The molecule has 3 heteroatoms. The first-order valence-corrected chi connectivity index (χ1v) is 3.05. The highest BCUT2D eigenvalue weighted by Gasteiger charge is 2.25. The fourth-order valence-corrected chi connectivity index (χ4v) is 0.774. The van der Waals surface area contributed by atoms with Gasteiger partial charge in [0.25, 0.3) is 0 Å². The van der Waals surface area contributed by atoms with Gasteiger partial charge in [0, 0.05) is 12.0 Å². The van der Waals surface area contributed by atoms with Crippen LogP contribution in [0.1, 0.15) is 20.3 Å². The normalized spacial score (nSPS) is 24.4. The molecule has 1 aliphatic rings. The number of amides is 1. The fourth-order valence-electron chi connectivity index (χ4n) is 0.774. The molecule has 1 amide bonds. The summed E-state index contributed by atoms with van der Waals surface area (Å²) in [5.74, 6) is 0. The number of hydrogen-bond acceptors (Lipinski definition) is 2. The number of rotatable bonds is 0. The molecular formula is C6H11NO2. The third kappa shape index (κ3) is 1.59. The summed E-state index contributed by atoms with van der Waals surface area (Å²) in [7, 11) is 0. The van der Waals surface area contributed by atoms with Crippen LogP contribution in [0, 0.1) is 0 Å². The molecule has 1 N–H and O–H groups in total. The Morgan fingerprint density at radius 1 is 1.67 bits per heavy atom. The minimum Gasteiger partial charge on any atom is -0.449 e. The Kier molecular flexibility index (Phi) is 1.35. The maximum Gasteiger partial charge on any atom is 0.407 e. The van der Waals surface area contributed by atoms with Crippen molar-refractivity contribution in [3.05, 3.63) is 0 Å². The predicted molar refractivity (Wildman–Crippen MR) is 33.2 cm³/mol. The molecule has 0 bridgehead atoms. The average molecular weight is 129 g/mol. The van der Waals surface area contributed by atoms with Gasteiger partial charge in [0.1, 0.15) is 0 Å². The summed E-state index contributed by atoms with van der Waals surface area (Å²) in [6, 6.07) is 0. The topological polar surface area (TPSA) is 38.3 Å². The highest BCUT2D eigenvalue weighted by atomic mass is 16.6. The summed E-state index contributed by atoms with van der Waals surface area (Å²) in [6.45, 7) is 4.50. The lowest BCUT2D eigenvalue weighted by Gasteiger charge is -2.29. The number of hydrogen-bond donors (Lipinski definition) is 1. The van der Waals surface area contributed by atoms with Crippen LogP contribution in [-0.2, 0) is 4.74 Å². The lowest BCUT2D eigenvalue weighted by atomic mass is 10.0. The maximum absolute atomic E-state index is 10.5. The monoisotopic (exact) mass is 129 g/mol. The second-order valence-corrected chi connectivity index (χ2v) is 2.89. The van der Waals surface area contributed by atoms with Crippen molar-refractivity contribution >= 4 is 6.09 Å². The Bertz CT molecular complexity index is 131. The standard InChI is InChI=1S/C6H11NO2/c1-6(2)3-4-9-5(8)7-6/h3-4H2,1-2H3,(H,7,8). The molecule has 0 aromatic rings. The number of nitrogens with one attached hydrogen (secondary N) is 1. The molecule has 1 fully saturated rings. The number of cyclic esters (lactones) is 1. The summed E-state index contributed by atoms with van der Waals surface area (Å²) in [5.41, 5.74) is -0.0741. The smallest absolute Gasteiger partial charge is 0.407 e. The molecule has 1 heterocycles. The molecule has 0 spiro atoms. The van der Waals surface area contributed by atoms with Crippen LogP contribution in [0.15, 0.2) is 0 Å². The van der Waals surface area contributed by atoms with Crippen molar-refractivity contribution in [3.63, 3.8) is 0 Å². The van der Waals surface area contributed by atoms with Gasteiger partial charge in [-0.25, -0.2) is 4.79 Å². The Morgan fingerprint density at radius 3 is 2.67 bits per heavy atom. The quantitative estimate of drug-likeness (QED) is 0.527. The SMILES string of the molecule is CC1(C)CCOC(=O)N1. The maximum atomic E-state index is 10.5. The zero-order valence-electron chi connectivity index (χ0n) is 5.73. The first kappa shape index (κ1) is 6.39. The van der Waals surface area contributed by atoms with Crippen LogP contribution in [-0.4, -0.2) is 18.2 Å². The molecule has 0 radical (unpaired) electrons. The molecular weight excluding hydrogens is 118 g/mol. The zero-order chi connectivity index (χ0) is 6.91. The number of carbonyl (C=O) groups is 1. The van der Waals surface area contributed by atoms with Crippen molar-refractivity contribution in [1.29, 1.82) is 0 Å². The summed E-state index contributed by atoms with van der Waals surface area (Å²) in [4.78, 5) is 10.5. The Labute approximate surface area is 54.4 Å². The van der Waals surface area contributed by atoms with E-state index in [0.29, 0.717) is 6.61 Å². The van der Waals surface area contributed by atoms with E-state index in [9.17, 15) is 4.79 Å². The number of ether oxygens (including phenoxy) is 1. The predicted octanol–water partition coefficient (Wildman–Crippen LogP) is 0.895. The van der Waals surface area contributed by atoms with Crippen LogP contribution in [0.4, 0.5) is 4.79 Å². The molecule has 0 unspecified atom stereocenters. The third-order valence-corrected chi connectivity index (χ3v) is 1.40. The lowest BCUT2D eigenvalue weighted by Crippen LogP contribution is -2.48. The van der Waals surface area contributed by atoms with Gasteiger partial charge in [-0.1, -0.05) is 0 Å². The fraction of sp³-hybridized carbons (Fsp3) is 0.833. The van der Waals surface area contributed by atoms with Crippen LogP contribution >= 0.6 is 0 Å². The van der Waals surface area contributed by atoms with Gasteiger partial charge in [-0.2, -0.15) is 0 Å². The molecule has 0 aromatic heterocycles. The number of alkyl carbamates (subject to hydrolysis) is 1. The van der Waals surface area contributed by atoms with E-state index in [1.165, 1.54) is 0 Å². The molecule has 0 saturated carbocycles. The van der Waals surface area contributed by atoms with Crippen molar-refractivity contribution in [3.8, 4) is 0 Å². The van der Waals surface area contributed by atoms with Crippen LogP contribution in [0.5, 0.6) is 0 Å². The van der Waals surface area contributed by atoms with E-state index >= 15 is 0 Å². The minimum absolute atomic E-state index is 0.0741. The van der Waals surface area contributed by atoms with Gasteiger partial charge in [0.15, 0.2) is 0 Å². The van der Waals surface area contributed by atoms with E-state index in [1.54, 1.807) is 0 Å². The van der Waals surface area contributed by atoms with Crippen molar-refractivity contribution in [2.24, 2.45) is 0 Å². The van der Waals surface area contributed by atoms with Gasteiger partial charge < -0.3 is 10.1 Å². The molecule has 52 valence electrons. The van der Waals surface area contributed by atoms with E-state index < -0.39 is 0 Å². The Balaban J connectivity index is 2.51. The first-order valence-electron chi connectivity index (χ1n) is 3.05. The molecule has 9 heavy (non-hydrogen) atoms. The molecule has 3 nitrogen and oxygen atoms in total. The van der Waals surface area contributed by atoms with Crippen molar-refractivity contribution in [1.82, 2.24) is 5.32 Å². The van der Waals surface area contributed by atoms with Gasteiger partial charge in [-0.3, -0.25) is 0 Å². The second-order valence-electron chi connectivity index (χ2n) is 2.89. The van der Waals surface area contributed by atoms with E-state index in [-0.39, 0.29) is 11.6 Å². The second kappa shape index (κ2) is 1.90. The largest absolute Gasteiger partial charge is 0.449 e. The van der Waals surface area contributed by atoms with Crippen LogP contribution < -0.4 is 5.32 Å². The Morgan fingerprint density at radius 2 is 2.33 bits per heavy atom. The summed E-state index contributed by atoms with van der Waals surface area (Å²) >= 11 is 0.